The minimum Gasteiger partial charge on any atom is -0.462 e. The van der Waals surface area contributed by atoms with E-state index in [9.17, 15) is 14.4 Å². The lowest BCUT2D eigenvalue weighted by Crippen LogP contribution is -2.30. The van der Waals surface area contributed by atoms with Crippen LogP contribution in [0.5, 0.6) is 0 Å². The highest BCUT2D eigenvalue weighted by atomic mass is 32.2. The van der Waals surface area contributed by atoms with Gasteiger partial charge in [0.15, 0.2) is 5.17 Å². The van der Waals surface area contributed by atoms with Crippen molar-refractivity contribution >= 4 is 51.1 Å². The molecule has 0 aromatic carbocycles. The first kappa shape index (κ1) is 19.5. The number of thiophene rings is 1. The number of amides is 2. The van der Waals surface area contributed by atoms with E-state index >= 15 is 0 Å². The van der Waals surface area contributed by atoms with Gasteiger partial charge in [-0.2, -0.15) is 0 Å². The zero-order chi connectivity index (χ0) is 18.7. The molecule has 1 fully saturated rings. The number of hydrogen-bond acceptors (Lipinski definition) is 7. The van der Waals surface area contributed by atoms with Crippen LogP contribution in [0.2, 0.25) is 0 Å². The summed E-state index contributed by atoms with van der Waals surface area (Å²) in [6.45, 7) is 5.70. The first-order valence-corrected chi connectivity index (χ1v) is 9.47. The Labute approximate surface area is 154 Å². The van der Waals surface area contributed by atoms with Gasteiger partial charge in [0.1, 0.15) is 10.3 Å². The highest BCUT2D eigenvalue weighted by molar-refractivity contribution is 8.15. The Kier molecular flexibility index (Phi) is 6.23. The van der Waals surface area contributed by atoms with Crippen molar-refractivity contribution in [1.82, 2.24) is 4.90 Å². The molecule has 2 rings (SSSR count). The molecule has 1 saturated heterocycles. The summed E-state index contributed by atoms with van der Waals surface area (Å²) < 4.78 is 5.07. The van der Waals surface area contributed by atoms with Crippen molar-refractivity contribution in [2.24, 2.45) is 4.99 Å². The van der Waals surface area contributed by atoms with Gasteiger partial charge in [0.25, 0.3) is 0 Å². The monoisotopic (exact) mass is 383 g/mol. The summed E-state index contributed by atoms with van der Waals surface area (Å²) in [5.41, 5.74) is 1.18. The molecule has 25 heavy (non-hydrogen) atoms. The van der Waals surface area contributed by atoms with Crippen LogP contribution in [0.3, 0.4) is 0 Å². The molecule has 0 saturated carbocycles. The van der Waals surface area contributed by atoms with Crippen LogP contribution >= 0.6 is 23.1 Å². The second-order valence-corrected chi connectivity index (χ2v) is 7.86. The van der Waals surface area contributed by atoms with Crippen LogP contribution < -0.4 is 5.32 Å². The number of anilines is 1. The van der Waals surface area contributed by atoms with E-state index in [0.29, 0.717) is 15.7 Å². The molecule has 1 aromatic rings. The highest BCUT2D eigenvalue weighted by Gasteiger charge is 2.36. The van der Waals surface area contributed by atoms with Crippen molar-refractivity contribution in [3.8, 4) is 0 Å². The average Bonchev–Trinajstić information content (AvgIpc) is 2.98. The number of nitrogens with zero attached hydrogens (tertiary/aromatic N) is 2. The third-order valence-corrected chi connectivity index (χ3v) is 6.26. The van der Waals surface area contributed by atoms with E-state index in [1.54, 1.807) is 21.0 Å². The summed E-state index contributed by atoms with van der Waals surface area (Å²) >= 11 is 2.60. The third kappa shape index (κ3) is 4.04. The van der Waals surface area contributed by atoms with Gasteiger partial charge < -0.3 is 10.1 Å². The molecule has 1 atom stereocenters. The molecule has 0 bridgehead atoms. The number of thioether (sulfide) groups is 1. The van der Waals surface area contributed by atoms with Crippen LogP contribution in [0.25, 0.3) is 0 Å². The summed E-state index contributed by atoms with van der Waals surface area (Å²) in [5, 5.41) is 3.32. The molecule has 136 valence electrons. The number of carbonyl (C=O) groups is 3. The molecule has 0 spiro atoms. The van der Waals surface area contributed by atoms with Crippen molar-refractivity contribution in [1.29, 1.82) is 0 Å². The first-order chi connectivity index (χ1) is 11.8. The molecule has 9 heteroatoms. The number of hydrogen-bond donors (Lipinski definition) is 1. The number of rotatable bonds is 5. The standard InChI is InChI=1S/C16H21N3O4S2/c1-6-23-15(22)12-8(2)9(3)24-13(12)18-11(20)7-10-14(21)19(5)16(17-4)25-10/h10H,6-7H2,1-5H3,(H,18,20)/t10-/m0/s1. The Morgan fingerprint density at radius 3 is 2.60 bits per heavy atom. The Hall–Kier alpha value is -1.87. The van der Waals surface area contributed by atoms with E-state index in [0.717, 1.165) is 10.4 Å². The molecular weight excluding hydrogens is 362 g/mol. The molecule has 0 radical (unpaired) electrons. The Morgan fingerprint density at radius 1 is 1.36 bits per heavy atom. The minimum absolute atomic E-state index is 0.0190. The number of nitrogens with one attached hydrogen (secondary N) is 1. The van der Waals surface area contributed by atoms with E-state index in [-0.39, 0.29) is 24.8 Å². The predicted molar refractivity (Wildman–Crippen MR) is 101 cm³/mol. The molecule has 1 aliphatic heterocycles. The van der Waals surface area contributed by atoms with Crippen molar-refractivity contribution in [2.45, 2.75) is 32.4 Å². The van der Waals surface area contributed by atoms with Crippen LogP contribution in [-0.2, 0) is 14.3 Å². The molecular formula is C16H21N3O4S2. The van der Waals surface area contributed by atoms with Gasteiger partial charge in [0.2, 0.25) is 11.8 Å². The predicted octanol–water partition coefficient (Wildman–Crippen LogP) is 2.43. The number of aryl methyl sites for hydroxylation is 1. The molecule has 0 unspecified atom stereocenters. The smallest absolute Gasteiger partial charge is 0.341 e. The lowest BCUT2D eigenvalue weighted by atomic mass is 10.1. The van der Waals surface area contributed by atoms with E-state index in [4.69, 9.17) is 4.74 Å². The normalized spacial score (nSPS) is 18.8. The zero-order valence-electron chi connectivity index (χ0n) is 14.8. The van der Waals surface area contributed by atoms with Gasteiger partial charge in [-0.05, 0) is 26.3 Å². The summed E-state index contributed by atoms with van der Waals surface area (Å²) in [6, 6.07) is 0. The van der Waals surface area contributed by atoms with Crippen molar-refractivity contribution in [3.63, 3.8) is 0 Å². The largest absolute Gasteiger partial charge is 0.462 e. The van der Waals surface area contributed by atoms with Crippen LogP contribution in [0.15, 0.2) is 4.99 Å². The van der Waals surface area contributed by atoms with Gasteiger partial charge in [0, 0.05) is 25.4 Å². The maximum atomic E-state index is 12.4. The molecule has 1 aromatic heterocycles. The number of amidine groups is 1. The van der Waals surface area contributed by atoms with Gasteiger partial charge in [0.05, 0.1) is 12.2 Å². The number of esters is 1. The van der Waals surface area contributed by atoms with Crippen LogP contribution in [-0.4, -0.2) is 53.8 Å². The quantitative estimate of drug-likeness (QED) is 0.789. The molecule has 0 aliphatic carbocycles. The van der Waals surface area contributed by atoms with E-state index in [1.807, 2.05) is 13.8 Å². The van der Waals surface area contributed by atoms with Gasteiger partial charge in [-0.15, -0.1) is 11.3 Å². The van der Waals surface area contributed by atoms with Crippen molar-refractivity contribution in [3.05, 3.63) is 16.0 Å². The van der Waals surface area contributed by atoms with E-state index in [2.05, 4.69) is 10.3 Å². The maximum Gasteiger partial charge on any atom is 0.341 e. The number of ether oxygens (including phenoxy) is 1. The molecule has 7 nitrogen and oxygen atoms in total. The lowest BCUT2D eigenvalue weighted by molar-refractivity contribution is -0.127. The Bertz CT molecular complexity index is 742. The summed E-state index contributed by atoms with van der Waals surface area (Å²) in [5.74, 6) is -0.917. The van der Waals surface area contributed by atoms with Gasteiger partial charge >= 0.3 is 5.97 Å². The molecule has 2 heterocycles. The second-order valence-electron chi connectivity index (χ2n) is 5.47. The summed E-state index contributed by atoms with van der Waals surface area (Å²) in [7, 11) is 3.25. The molecule has 1 N–H and O–H groups in total. The second kappa shape index (κ2) is 8.01. The molecule has 1 aliphatic rings. The Balaban J connectivity index is 2.13. The van der Waals surface area contributed by atoms with Crippen LogP contribution in [0, 0.1) is 13.8 Å². The summed E-state index contributed by atoms with van der Waals surface area (Å²) in [4.78, 5) is 43.1. The lowest BCUT2D eigenvalue weighted by Gasteiger charge is -2.09. The van der Waals surface area contributed by atoms with Crippen LogP contribution in [0.4, 0.5) is 5.00 Å². The summed E-state index contributed by atoms with van der Waals surface area (Å²) in [6.07, 6.45) is 0.0190. The highest BCUT2D eigenvalue weighted by Crippen LogP contribution is 2.34. The topological polar surface area (TPSA) is 88.1 Å². The van der Waals surface area contributed by atoms with E-state index in [1.165, 1.54) is 28.0 Å². The average molecular weight is 383 g/mol. The van der Waals surface area contributed by atoms with Gasteiger partial charge in [-0.25, -0.2) is 4.79 Å². The van der Waals surface area contributed by atoms with Crippen molar-refractivity contribution < 1.29 is 19.1 Å². The maximum absolute atomic E-state index is 12.4. The number of carbonyl (C=O) groups excluding carboxylic acids is 3. The van der Waals surface area contributed by atoms with Crippen LogP contribution in [0.1, 0.15) is 34.1 Å². The van der Waals surface area contributed by atoms with Crippen molar-refractivity contribution in [2.75, 3.05) is 26.0 Å². The molecule has 2 amide bonds. The Morgan fingerprint density at radius 2 is 2.04 bits per heavy atom. The van der Waals surface area contributed by atoms with E-state index < -0.39 is 11.2 Å². The zero-order valence-corrected chi connectivity index (χ0v) is 16.5. The minimum atomic E-state index is -0.503. The first-order valence-electron chi connectivity index (χ1n) is 7.78. The number of aliphatic imine (C=N–C) groups is 1. The van der Waals surface area contributed by atoms with Gasteiger partial charge in [-0.1, -0.05) is 11.8 Å². The fraction of sp³-hybridized carbons (Fsp3) is 0.500. The van der Waals surface area contributed by atoms with Gasteiger partial charge in [-0.3, -0.25) is 19.5 Å². The third-order valence-electron chi connectivity index (χ3n) is 3.82. The fourth-order valence-corrected chi connectivity index (χ4v) is 4.58. The fourth-order valence-electron chi connectivity index (χ4n) is 2.41. The SMILES string of the molecule is CCOC(=O)c1c(NC(=O)C[C@@H]2SC(=NC)N(C)C2=O)sc(C)c1C.